The first-order chi connectivity index (χ1) is 6.41. The van der Waals surface area contributed by atoms with Gasteiger partial charge < -0.3 is 0 Å². The molecule has 2 atom stereocenters. The lowest BCUT2D eigenvalue weighted by atomic mass is 9.64. The van der Waals surface area contributed by atoms with E-state index < -0.39 is 0 Å². The molecule has 0 amide bonds. The van der Waals surface area contributed by atoms with Gasteiger partial charge in [0.25, 0.3) is 0 Å². The van der Waals surface area contributed by atoms with Crippen LogP contribution < -0.4 is 0 Å². The number of rotatable bonds is 5. The maximum absolute atomic E-state index is 4.36. The van der Waals surface area contributed by atoms with Crippen LogP contribution in [0.3, 0.4) is 0 Å². The highest BCUT2D eigenvalue weighted by molar-refractivity contribution is 5.29. The Morgan fingerprint density at radius 1 is 1.29 bits per heavy atom. The van der Waals surface area contributed by atoms with Crippen molar-refractivity contribution in [2.24, 2.45) is 10.4 Å². The Labute approximate surface area is 89.3 Å². The van der Waals surface area contributed by atoms with Gasteiger partial charge in [-0.15, -0.1) is 0 Å². The number of hydrogen-bond donors (Lipinski definition) is 0. The van der Waals surface area contributed by atoms with Crippen LogP contribution in [-0.2, 0) is 0 Å². The van der Waals surface area contributed by atoms with Gasteiger partial charge in [-0.05, 0) is 40.3 Å². The number of aliphatic imine (C=N–C) groups is 1. The van der Waals surface area contributed by atoms with E-state index >= 15 is 0 Å². The van der Waals surface area contributed by atoms with Crippen molar-refractivity contribution < 1.29 is 0 Å². The zero-order valence-electron chi connectivity index (χ0n) is 10.6. The highest BCUT2D eigenvalue weighted by Crippen LogP contribution is 2.45. The summed E-state index contributed by atoms with van der Waals surface area (Å²) >= 11 is 0. The van der Waals surface area contributed by atoms with Gasteiger partial charge in [0, 0.05) is 5.41 Å². The predicted octanol–water partition coefficient (Wildman–Crippen LogP) is 4.24. The molecule has 0 heterocycles. The van der Waals surface area contributed by atoms with Crippen LogP contribution in [0.5, 0.6) is 0 Å². The largest absolute Gasteiger partial charge is 0.294 e. The second-order valence-corrected chi connectivity index (χ2v) is 4.44. The summed E-state index contributed by atoms with van der Waals surface area (Å²) in [6.45, 7) is 17.0. The molecule has 0 aliphatic rings. The number of hydrogen-bond acceptors (Lipinski definition) is 1. The first-order valence-electron chi connectivity index (χ1n) is 5.53. The predicted molar refractivity (Wildman–Crippen MR) is 66.1 cm³/mol. The van der Waals surface area contributed by atoms with Crippen molar-refractivity contribution in [1.29, 1.82) is 0 Å². The summed E-state index contributed by atoms with van der Waals surface area (Å²) in [4.78, 5) is 4.36. The molecule has 0 aliphatic heterocycles. The van der Waals surface area contributed by atoms with Crippen molar-refractivity contribution in [3.8, 4) is 0 Å². The van der Waals surface area contributed by atoms with Gasteiger partial charge in [0.2, 0.25) is 0 Å². The fraction of sp³-hybridized carbons (Fsp3) is 0.769. The summed E-state index contributed by atoms with van der Waals surface area (Å²) in [6, 6.07) is 0. The van der Waals surface area contributed by atoms with Gasteiger partial charge in [0.1, 0.15) is 0 Å². The molecule has 0 aromatic heterocycles. The van der Waals surface area contributed by atoms with E-state index in [-0.39, 0.29) is 11.0 Å². The van der Waals surface area contributed by atoms with Crippen LogP contribution in [0.1, 0.15) is 54.4 Å². The molecule has 82 valence electrons. The van der Waals surface area contributed by atoms with E-state index in [1.807, 2.05) is 0 Å². The van der Waals surface area contributed by atoms with E-state index in [0.29, 0.717) is 0 Å². The molecular weight excluding hydrogens is 170 g/mol. The summed E-state index contributed by atoms with van der Waals surface area (Å²) in [5, 5.41) is 0. The molecule has 1 nitrogen and oxygen atoms in total. The molecule has 0 saturated carbocycles. The van der Waals surface area contributed by atoms with Gasteiger partial charge in [0.05, 0.1) is 5.54 Å². The molecule has 0 N–H and O–H groups in total. The maximum atomic E-state index is 4.36. The third kappa shape index (κ3) is 1.92. The molecule has 0 rings (SSSR count). The monoisotopic (exact) mass is 195 g/mol. The fourth-order valence-corrected chi connectivity index (χ4v) is 2.08. The molecule has 2 unspecified atom stereocenters. The molecule has 0 aromatic carbocycles. The second kappa shape index (κ2) is 4.77. The topological polar surface area (TPSA) is 12.4 Å². The van der Waals surface area contributed by atoms with Crippen LogP contribution in [0.4, 0.5) is 0 Å². The summed E-state index contributed by atoms with van der Waals surface area (Å²) in [7, 11) is 0. The van der Waals surface area contributed by atoms with Crippen LogP contribution in [0.25, 0.3) is 0 Å². The molecule has 0 aromatic rings. The lowest BCUT2D eigenvalue weighted by molar-refractivity contribution is 0.194. The fourth-order valence-electron chi connectivity index (χ4n) is 2.08. The molecule has 0 saturated heterocycles. The van der Waals surface area contributed by atoms with Crippen LogP contribution in [-0.4, -0.2) is 12.3 Å². The normalized spacial score (nSPS) is 21.1. The first-order valence-corrected chi connectivity index (χ1v) is 5.53. The summed E-state index contributed by atoms with van der Waals surface area (Å²) in [5.74, 6) is 0. The minimum Gasteiger partial charge on any atom is -0.294 e. The van der Waals surface area contributed by atoms with E-state index in [2.05, 4.69) is 59.3 Å². The Hall–Kier alpha value is -0.590. The molecule has 0 radical (unpaired) electrons. The van der Waals surface area contributed by atoms with Crippen molar-refractivity contribution in [2.75, 3.05) is 0 Å². The van der Waals surface area contributed by atoms with E-state index in [1.165, 1.54) is 5.57 Å². The Kier molecular flexibility index (Phi) is 4.57. The Morgan fingerprint density at radius 3 is 2.00 bits per heavy atom. The Morgan fingerprint density at radius 2 is 1.79 bits per heavy atom. The summed E-state index contributed by atoms with van der Waals surface area (Å²) in [6.07, 6.45) is 4.33. The summed E-state index contributed by atoms with van der Waals surface area (Å²) in [5.41, 5.74) is 1.51. The third-order valence-electron chi connectivity index (χ3n) is 4.24. The number of allylic oxidation sites excluding steroid dienone is 1. The standard InChI is InChI=1S/C13H25N/c1-8-11(4)12(5,9-2)13(6,10-3)14-7/h8H,7,9-10H2,1-6H3/b11-8+. The zero-order chi connectivity index (χ0) is 11.4. The van der Waals surface area contributed by atoms with Gasteiger partial charge in [-0.2, -0.15) is 0 Å². The lowest BCUT2D eigenvalue weighted by Crippen LogP contribution is -2.42. The average molecular weight is 195 g/mol. The molecule has 14 heavy (non-hydrogen) atoms. The Bertz CT molecular complexity index is 229. The van der Waals surface area contributed by atoms with Crippen LogP contribution in [0.15, 0.2) is 16.6 Å². The van der Waals surface area contributed by atoms with Crippen molar-refractivity contribution in [3.05, 3.63) is 11.6 Å². The molecule has 0 bridgehead atoms. The van der Waals surface area contributed by atoms with Crippen molar-refractivity contribution in [1.82, 2.24) is 0 Å². The molecule has 0 aliphatic carbocycles. The zero-order valence-corrected chi connectivity index (χ0v) is 10.6. The molecule has 1 heteroatoms. The quantitative estimate of drug-likeness (QED) is 0.459. The third-order valence-corrected chi connectivity index (χ3v) is 4.24. The van der Waals surface area contributed by atoms with E-state index in [0.717, 1.165) is 12.8 Å². The highest BCUT2D eigenvalue weighted by atomic mass is 14.9. The average Bonchev–Trinajstić information content (AvgIpc) is 2.25. The first kappa shape index (κ1) is 13.4. The minimum atomic E-state index is -0.0433. The van der Waals surface area contributed by atoms with Gasteiger partial charge in [0.15, 0.2) is 0 Å². The van der Waals surface area contributed by atoms with E-state index in [1.54, 1.807) is 0 Å². The van der Waals surface area contributed by atoms with Crippen LogP contribution >= 0.6 is 0 Å². The van der Waals surface area contributed by atoms with E-state index in [4.69, 9.17) is 0 Å². The smallest absolute Gasteiger partial charge is 0.0660 e. The van der Waals surface area contributed by atoms with Crippen LogP contribution in [0.2, 0.25) is 0 Å². The molecular formula is C13H25N. The van der Waals surface area contributed by atoms with Gasteiger partial charge >= 0.3 is 0 Å². The van der Waals surface area contributed by atoms with Crippen LogP contribution in [0, 0.1) is 5.41 Å². The van der Waals surface area contributed by atoms with Gasteiger partial charge in [-0.3, -0.25) is 4.99 Å². The lowest BCUT2D eigenvalue weighted by Gasteiger charge is -2.44. The van der Waals surface area contributed by atoms with Crippen molar-refractivity contribution in [2.45, 2.75) is 59.9 Å². The molecule has 0 fully saturated rings. The van der Waals surface area contributed by atoms with Gasteiger partial charge in [-0.25, -0.2) is 0 Å². The van der Waals surface area contributed by atoms with Crippen molar-refractivity contribution >= 4 is 6.72 Å². The SMILES string of the molecule is C=NC(C)(CC)C(C)(CC)/C(C)=C/C. The highest BCUT2D eigenvalue weighted by Gasteiger charge is 2.42. The van der Waals surface area contributed by atoms with Crippen molar-refractivity contribution in [3.63, 3.8) is 0 Å². The number of nitrogens with zero attached hydrogens (tertiary/aromatic N) is 1. The maximum Gasteiger partial charge on any atom is 0.0660 e. The molecule has 0 spiro atoms. The van der Waals surface area contributed by atoms with Gasteiger partial charge in [-0.1, -0.05) is 32.4 Å². The second-order valence-electron chi connectivity index (χ2n) is 4.44. The minimum absolute atomic E-state index is 0.0433. The van der Waals surface area contributed by atoms with E-state index in [9.17, 15) is 0 Å². The summed E-state index contributed by atoms with van der Waals surface area (Å²) < 4.78 is 0. The Balaban J connectivity index is 5.31.